The molecule has 0 heterocycles. The van der Waals surface area contributed by atoms with E-state index in [1.54, 1.807) is 6.08 Å². The summed E-state index contributed by atoms with van der Waals surface area (Å²) in [5, 5.41) is 0. The van der Waals surface area contributed by atoms with Gasteiger partial charge in [0.15, 0.2) is 5.78 Å². The molecule has 0 aromatic rings. The molecule has 0 N–H and O–H groups in total. The molecule has 10 heavy (non-hydrogen) atoms. The summed E-state index contributed by atoms with van der Waals surface area (Å²) in [6.07, 6.45) is 9.27. The molecule has 0 unspecified atom stereocenters. The van der Waals surface area contributed by atoms with E-state index in [9.17, 15) is 4.79 Å². The molecule has 55 valence electrons. The van der Waals surface area contributed by atoms with Crippen molar-refractivity contribution in [2.45, 2.75) is 19.8 Å². The van der Waals surface area contributed by atoms with Crippen molar-refractivity contribution in [1.82, 2.24) is 0 Å². The summed E-state index contributed by atoms with van der Waals surface area (Å²) in [7, 11) is 0. The minimum atomic E-state index is -0.152. The van der Waals surface area contributed by atoms with Gasteiger partial charge in [-0.3, -0.25) is 4.79 Å². The maximum atomic E-state index is 10.2. The van der Waals surface area contributed by atoms with E-state index in [-0.39, 0.29) is 5.78 Å². The zero-order valence-electron chi connectivity index (χ0n) is 6.34. The first-order valence-electron chi connectivity index (χ1n) is 3.46. The van der Waals surface area contributed by atoms with Gasteiger partial charge in [0.2, 0.25) is 0 Å². The van der Waals surface area contributed by atoms with Crippen molar-refractivity contribution in [1.29, 1.82) is 0 Å². The zero-order valence-corrected chi connectivity index (χ0v) is 6.34. The predicted molar refractivity (Wildman–Crippen MR) is 43.6 cm³/mol. The standard InChI is InChI=1S/C9H13O/c1-3-4-5-6-7-8-9(2)10/h5-8H,2-4H2,1H3/b6-5-,8-7+. The highest BCUT2D eigenvalue weighted by Crippen LogP contribution is 1.88. The van der Waals surface area contributed by atoms with E-state index in [1.807, 2.05) is 12.2 Å². The smallest absolute Gasteiger partial charge is 0.156 e. The van der Waals surface area contributed by atoms with E-state index < -0.39 is 0 Å². The highest BCUT2D eigenvalue weighted by atomic mass is 16.1. The van der Waals surface area contributed by atoms with Crippen LogP contribution in [0.5, 0.6) is 0 Å². The van der Waals surface area contributed by atoms with E-state index in [1.165, 1.54) is 6.08 Å². The molecule has 0 aliphatic heterocycles. The van der Waals surface area contributed by atoms with E-state index in [2.05, 4.69) is 13.8 Å². The first kappa shape index (κ1) is 9.15. The molecule has 0 saturated carbocycles. The Labute approximate surface area is 62.4 Å². The Kier molecular flexibility index (Phi) is 5.74. The van der Waals surface area contributed by atoms with Crippen LogP contribution in [0.4, 0.5) is 0 Å². The minimum Gasteiger partial charge on any atom is -0.295 e. The third-order valence-corrected chi connectivity index (χ3v) is 0.985. The van der Waals surface area contributed by atoms with Crippen LogP contribution in [0.1, 0.15) is 19.8 Å². The first-order valence-corrected chi connectivity index (χ1v) is 3.46. The maximum Gasteiger partial charge on any atom is 0.156 e. The lowest BCUT2D eigenvalue weighted by atomic mass is 10.3. The largest absolute Gasteiger partial charge is 0.295 e. The van der Waals surface area contributed by atoms with Crippen molar-refractivity contribution in [2.75, 3.05) is 0 Å². The predicted octanol–water partition coefficient (Wildman–Crippen LogP) is 2.30. The molecular formula is C9H13O. The molecule has 0 saturated heterocycles. The number of rotatable bonds is 4. The van der Waals surface area contributed by atoms with Crippen LogP contribution >= 0.6 is 0 Å². The summed E-state index contributed by atoms with van der Waals surface area (Å²) in [5.74, 6) is -0.152. The molecule has 0 fully saturated rings. The summed E-state index contributed by atoms with van der Waals surface area (Å²) in [4.78, 5) is 10.2. The summed E-state index contributed by atoms with van der Waals surface area (Å²) in [5.41, 5.74) is 0. The SMILES string of the molecule is [CH2]C(=O)/C=C/C=C\CCC. The third kappa shape index (κ3) is 7.15. The molecule has 0 aliphatic rings. The molecule has 0 aromatic carbocycles. The zero-order chi connectivity index (χ0) is 7.82. The Morgan fingerprint density at radius 1 is 1.50 bits per heavy atom. The maximum absolute atomic E-state index is 10.2. The molecule has 0 rings (SSSR count). The normalized spacial score (nSPS) is 11.4. The first-order chi connectivity index (χ1) is 4.77. The van der Waals surface area contributed by atoms with Crippen LogP contribution in [0.2, 0.25) is 0 Å². The number of allylic oxidation sites excluding steroid dienone is 4. The number of hydrogen-bond acceptors (Lipinski definition) is 1. The average Bonchev–Trinajstić information content (AvgIpc) is 1.87. The van der Waals surface area contributed by atoms with E-state index >= 15 is 0 Å². The van der Waals surface area contributed by atoms with Crippen molar-refractivity contribution in [3.63, 3.8) is 0 Å². The fourth-order valence-corrected chi connectivity index (χ4v) is 0.504. The summed E-state index contributed by atoms with van der Waals surface area (Å²) in [6, 6.07) is 0. The van der Waals surface area contributed by atoms with Gasteiger partial charge in [0.1, 0.15) is 0 Å². The van der Waals surface area contributed by atoms with Gasteiger partial charge >= 0.3 is 0 Å². The highest BCUT2D eigenvalue weighted by Gasteiger charge is 1.76. The molecule has 0 aliphatic carbocycles. The molecule has 0 atom stereocenters. The topological polar surface area (TPSA) is 17.1 Å². The second-order valence-electron chi connectivity index (χ2n) is 2.04. The van der Waals surface area contributed by atoms with Crippen molar-refractivity contribution in [3.8, 4) is 0 Å². The monoisotopic (exact) mass is 137 g/mol. The minimum absolute atomic E-state index is 0.152. The van der Waals surface area contributed by atoms with Gasteiger partial charge in [-0.05, 0) is 12.5 Å². The van der Waals surface area contributed by atoms with E-state index in [0.717, 1.165) is 12.8 Å². The lowest BCUT2D eigenvalue weighted by Gasteiger charge is -1.79. The van der Waals surface area contributed by atoms with Gasteiger partial charge in [-0.15, -0.1) is 0 Å². The Balaban J connectivity index is 3.42. The molecule has 0 spiro atoms. The molecular weight excluding hydrogens is 124 g/mol. The van der Waals surface area contributed by atoms with E-state index in [4.69, 9.17) is 0 Å². The molecule has 0 amide bonds. The number of ketones is 1. The molecule has 1 nitrogen and oxygen atoms in total. The van der Waals surface area contributed by atoms with Crippen LogP contribution in [-0.2, 0) is 4.79 Å². The van der Waals surface area contributed by atoms with Gasteiger partial charge in [0.05, 0.1) is 0 Å². The van der Waals surface area contributed by atoms with Crippen molar-refractivity contribution >= 4 is 5.78 Å². The lowest BCUT2D eigenvalue weighted by Crippen LogP contribution is -1.78. The fraction of sp³-hybridized carbons (Fsp3) is 0.333. The quantitative estimate of drug-likeness (QED) is 0.429. The van der Waals surface area contributed by atoms with Crippen LogP contribution in [0.15, 0.2) is 24.3 Å². The number of carbonyl (C=O) groups excluding carboxylic acids is 1. The lowest BCUT2D eigenvalue weighted by molar-refractivity contribution is -0.110. The Morgan fingerprint density at radius 3 is 2.70 bits per heavy atom. The summed E-state index contributed by atoms with van der Waals surface area (Å²) < 4.78 is 0. The molecule has 0 bridgehead atoms. The van der Waals surface area contributed by atoms with Gasteiger partial charge in [0.25, 0.3) is 0 Å². The second kappa shape index (κ2) is 6.27. The third-order valence-electron chi connectivity index (χ3n) is 0.985. The number of hydrogen-bond donors (Lipinski definition) is 0. The summed E-state index contributed by atoms with van der Waals surface area (Å²) >= 11 is 0. The van der Waals surface area contributed by atoms with Gasteiger partial charge in [-0.25, -0.2) is 0 Å². The molecule has 1 radical (unpaired) electrons. The van der Waals surface area contributed by atoms with Crippen molar-refractivity contribution < 1.29 is 4.79 Å². The van der Waals surface area contributed by atoms with Crippen LogP contribution in [0.3, 0.4) is 0 Å². The fourth-order valence-electron chi connectivity index (χ4n) is 0.504. The van der Waals surface area contributed by atoms with Gasteiger partial charge in [-0.1, -0.05) is 31.6 Å². The molecule has 0 aromatic heterocycles. The van der Waals surface area contributed by atoms with Crippen molar-refractivity contribution in [3.05, 3.63) is 31.2 Å². The Morgan fingerprint density at radius 2 is 2.20 bits per heavy atom. The molecule has 1 heteroatoms. The van der Waals surface area contributed by atoms with Gasteiger partial charge in [0, 0.05) is 6.92 Å². The summed E-state index contributed by atoms with van der Waals surface area (Å²) in [6.45, 7) is 5.31. The van der Waals surface area contributed by atoms with Crippen LogP contribution < -0.4 is 0 Å². The highest BCUT2D eigenvalue weighted by molar-refractivity contribution is 5.93. The number of carbonyl (C=O) groups is 1. The van der Waals surface area contributed by atoms with Gasteiger partial charge < -0.3 is 0 Å². The second-order valence-corrected chi connectivity index (χ2v) is 2.04. The van der Waals surface area contributed by atoms with Crippen LogP contribution in [-0.4, -0.2) is 5.78 Å². The Bertz CT molecular complexity index is 143. The van der Waals surface area contributed by atoms with Crippen LogP contribution in [0.25, 0.3) is 0 Å². The van der Waals surface area contributed by atoms with Crippen LogP contribution in [0, 0.1) is 6.92 Å². The van der Waals surface area contributed by atoms with E-state index in [0.29, 0.717) is 0 Å². The van der Waals surface area contributed by atoms with Crippen molar-refractivity contribution in [2.24, 2.45) is 0 Å². The Hall–Kier alpha value is -0.850. The van der Waals surface area contributed by atoms with Gasteiger partial charge in [-0.2, -0.15) is 0 Å². The average molecular weight is 137 g/mol. The number of unbranched alkanes of at least 4 members (excludes halogenated alkanes) is 1.